The lowest BCUT2D eigenvalue weighted by atomic mass is 10.1. The molecule has 0 fully saturated rings. The maximum Gasteiger partial charge on any atom is 0.305 e. The number of ether oxygens (including phenoxy) is 1. The molecule has 0 aliphatic heterocycles. The average Bonchev–Trinajstić information content (AvgIpc) is 3.02. The molecular weight excluding hydrogens is 336 g/mol. The molecule has 0 unspecified atom stereocenters. The normalized spacial score (nSPS) is 11.0. The summed E-state index contributed by atoms with van der Waals surface area (Å²) >= 11 is 6.42. The molecule has 0 spiro atoms. The highest BCUT2D eigenvalue weighted by atomic mass is 35.5. The molecule has 3 rings (SSSR count). The molecule has 25 heavy (non-hydrogen) atoms. The summed E-state index contributed by atoms with van der Waals surface area (Å²) < 4.78 is 7.25. The lowest BCUT2D eigenvalue weighted by Gasteiger charge is -2.10. The topological polar surface area (TPSA) is 44.1 Å². The van der Waals surface area contributed by atoms with Crippen LogP contribution >= 0.6 is 11.6 Å². The molecule has 5 heteroatoms. The maximum absolute atomic E-state index is 11.2. The predicted molar refractivity (Wildman–Crippen MR) is 100 cm³/mol. The molecule has 0 atom stereocenters. The van der Waals surface area contributed by atoms with Gasteiger partial charge in [0.1, 0.15) is 5.82 Å². The molecule has 0 radical (unpaired) electrons. The van der Waals surface area contributed by atoms with Gasteiger partial charge in [-0.2, -0.15) is 0 Å². The van der Waals surface area contributed by atoms with Gasteiger partial charge in [0.15, 0.2) is 0 Å². The van der Waals surface area contributed by atoms with Crippen molar-refractivity contribution < 1.29 is 9.53 Å². The quantitative estimate of drug-likeness (QED) is 0.599. The fourth-order valence-electron chi connectivity index (χ4n) is 2.85. The highest BCUT2D eigenvalue weighted by Crippen LogP contribution is 2.28. The number of esters is 1. The van der Waals surface area contributed by atoms with Crippen LogP contribution in [0.25, 0.3) is 16.7 Å². The number of nitrogens with zero attached hydrogens (tertiary/aromatic N) is 2. The third kappa shape index (κ3) is 3.69. The van der Waals surface area contributed by atoms with Crippen molar-refractivity contribution in [3.63, 3.8) is 0 Å². The smallest absolute Gasteiger partial charge is 0.305 e. The highest BCUT2D eigenvalue weighted by molar-refractivity contribution is 6.35. The number of hydrogen-bond donors (Lipinski definition) is 0. The minimum absolute atomic E-state index is 0.163. The zero-order chi connectivity index (χ0) is 17.8. The van der Waals surface area contributed by atoms with Crippen molar-refractivity contribution in [1.82, 2.24) is 9.55 Å². The Bertz CT molecular complexity index is 885. The van der Waals surface area contributed by atoms with E-state index in [1.165, 1.54) is 0 Å². The third-order valence-corrected chi connectivity index (χ3v) is 4.45. The van der Waals surface area contributed by atoms with Gasteiger partial charge in [0.05, 0.1) is 22.7 Å². The van der Waals surface area contributed by atoms with Gasteiger partial charge in [0.25, 0.3) is 0 Å². The van der Waals surface area contributed by atoms with Gasteiger partial charge in [0, 0.05) is 24.9 Å². The van der Waals surface area contributed by atoms with Gasteiger partial charge in [-0.3, -0.25) is 9.36 Å². The standard InChI is InChI=1S/C20H21ClN2O2/c1-3-18-22-17-7-5-6-16(21)20(17)23(18)15-10-8-14(9-11-15)12-13-25-19(24)4-2/h5-11H,3-4,12-13H2,1-2H3. The summed E-state index contributed by atoms with van der Waals surface area (Å²) in [6.07, 6.45) is 1.94. The molecule has 0 saturated heterocycles. The minimum Gasteiger partial charge on any atom is -0.465 e. The Morgan fingerprint density at radius 1 is 1.16 bits per heavy atom. The minimum atomic E-state index is -0.163. The Morgan fingerprint density at radius 2 is 1.92 bits per heavy atom. The number of aromatic nitrogens is 2. The molecule has 0 aliphatic carbocycles. The van der Waals surface area contributed by atoms with Crippen LogP contribution in [-0.4, -0.2) is 22.1 Å². The largest absolute Gasteiger partial charge is 0.465 e. The number of hydrogen-bond acceptors (Lipinski definition) is 3. The lowest BCUT2D eigenvalue weighted by molar-refractivity contribution is -0.143. The van der Waals surface area contributed by atoms with E-state index in [1.54, 1.807) is 6.92 Å². The lowest BCUT2D eigenvalue weighted by Crippen LogP contribution is -2.06. The Hall–Kier alpha value is -2.33. The number of halogens is 1. The molecule has 2 aromatic carbocycles. The van der Waals surface area contributed by atoms with Gasteiger partial charge in [-0.15, -0.1) is 0 Å². The molecule has 0 aliphatic rings. The summed E-state index contributed by atoms with van der Waals surface area (Å²) in [5.41, 5.74) is 3.99. The molecule has 4 nitrogen and oxygen atoms in total. The number of fused-ring (bicyclic) bond motifs is 1. The first kappa shape index (κ1) is 17.5. The van der Waals surface area contributed by atoms with E-state index in [0.717, 1.165) is 34.5 Å². The number of carbonyl (C=O) groups excluding carboxylic acids is 1. The van der Waals surface area contributed by atoms with Crippen LogP contribution in [0.5, 0.6) is 0 Å². The van der Waals surface area contributed by atoms with Crippen LogP contribution in [-0.2, 0) is 22.4 Å². The van der Waals surface area contributed by atoms with E-state index in [2.05, 4.69) is 35.8 Å². The molecule has 130 valence electrons. The summed E-state index contributed by atoms with van der Waals surface area (Å²) in [6.45, 7) is 4.29. The van der Waals surface area contributed by atoms with Crippen molar-refractivity contribution in [3.05, 3.63) is 58.9 Å². The van der Waals surface area contributed by atoms with E-state index in [0.29, 0.717) is 24.5 Å². The van der Waals surface area contributed by atoms with Gasteiger partial charge in [-0.05, 0) is 29.8 Å². The van der Waals surface area contributed by atoms with Crippen molar-refractivity contribution in [1.29, 1.82) is 0 Å². The van der Waals surface area contributed by atoms with Gasteiger partial charge >= 0.3 is 5.97 Å². The van der Waals surface area contributed by atoms with E-state index in [1.807, 2.05) is 18.2 Å². The van der Waals surface area contributed by atoms with Crippen LogP contribution in [0.1, 0.15) is 31.7 Å². The molecule has 1 heterocycles. The van der Waals surface area contributed by atoms with Crippen LogP contribution < -0.4 is 0 Å². The van der Waals surface area contributed by atoms with Crippen LogP contribution in [0.15, 0.2) is 42.5 Å². The third-order valence-electron chi connectivity index (χ3n) is 4.15. The van der Waals surface area contributed by atoms with Gasteiger partial charge in [-0.1, -0.05) is 43.6 Å². The second-order valence-electron chi connectivity index (χ2n) is 5.82. The second kappa shape index (κ2) is 7.70. The number of rotatable bonds is 6. The van der Waals surface area contributed by atoms with Crippen LogP contribution in [0.4, 0.5) is 0 Å². The molecular formula is C20H21ClN2O2. The molecule has 0 saturated carbocycles. The fourth-order valence-corrected chi connectivity index (χ4v) is 3.10. The van der Waals surface area contributed by atoms with E-state index in [9.17, 15) is 4.79 Å². The van der Waals surface area contributed by atoms with E-state index >= 15 is 0 Å². The Balaban J connectivity index is 1.87. The summed E-state index contributed by atoms with van der Waals surface area (Å²) in [5, 5.41) is 0.695. The number of benzene rings is 2. The maximum atomic E-state index is 11.2. The average molecular weight is 357 g/mol. The zero-order valence-electron chi connectivity index (χ0n) is 14.5. The van der Waals surface area contributed by atoms with E-state index < -0.39 is 0 Å². The predicted octanol–water partition coefficient (Wildman–Crippen LogP) is 4.74. The molecule has 1 aromatic heterocycles. The van der Waals surface area contributed by atoms with Gasteiger partial charge in [-0.25, -0.2) is 4.98 Å². The van der Waals surface area contributed by atoms with Crippen LogP contribution in [0, 0.1) is 0 Å². The van der Waals surface area contributed by atoms with Crippen molar-refractivity contribution >= 4 is 28.6 Å². The number of para-hydroxylation sites is 1. The Kier molecular flexibility index (Phi) is 5.39. The summed E-state index contributed by atoms with van der Waals surface area (Å²) in [5.74, 6) is 0.816. The molecule has 0 bridgehead atoms. The zero-order valence-corrected chi connectivity index (χ0v) is 15.2. The summed E-state index contributed by atoms with van der Waals surface area (Å²) in [6, 6.07) is 14.0. The second-order valence-corrected chi connectivity index (χ2v) is 6.22. The molecule has 3 aromatic rings. The van der Waals surface area contributed by atoms with Crippen LogP contribution in [0.2, 0.25) is 5.02 Å². The number of aryl methyl sites for hydroxylation is 1. The van der Waals surface area contributed by atoms with E-state index in [4.69, 9.17) is 21.3 Å². The Morgan fingerprint density at radius 3 is 2.60 bits per heavy atom. The first-order valence-corrected chi connectivity index (χ1v) is 8.92. The summed E-state index contributed by atoms with van der Waals surface area (Å²) in [7, 11) is 0. The number of carbonyl (C=O) groups is 1. The first-order valence-electron chi connectivity index (χ1n) is 8.54. The van der Waals surface area contributed by atoms with Crippen LogP contribution in [0.3, 0.4) is 0 Å². The van der Waals surface area contributed by atoms with Gasteiger partial charge < -0.3 is 4.74 Å². The first-order chi connectivity index (χ1) is 12.1. The molecule has 0 amide bonds. The Labute approximate surface area is 152 Å². The van der Waals surface area contributed by atoms with Crippen molar-refractivity contribution in [3.8, 4) is 5.69 Å². The van der Waals surface area contributed by atoms with Crippen molar-refractivity contribution in [2.45, 2.75) is 33.1 Å². The number of imidazole rings is 1. The van der Waals surface area contributed by atoms with E-state index in [-0.39, 0.29) is 5.97 Å². The monoisotopic (exact) mass is 356 g/mol. The highest BCUT2D eigenvalue weighted by Gasteiger charge is 2.13. The summed E-state index contributed by atoms with van der Waals surface area (Å²) in [4.78, 5) is 15.9. The fraction of sp³-hybridized carbons (Fsp3) is 0.300. The van der Waals surface area contributed by atoms with Crippen molar-refractivity contribution in [2.24, 2.45) is 0 Å². The SMILES string of the molecule is CCC(=O)OCCc1ccc(-n2c(CC)nc3cccc(Cl)c32)cc1. The van der Waals surface area contributed by atoms with Crippen molar-refractivity contribution in [2.75, 3.05) is 6.61 Å². The molecule has 0 N–H and O–H groups in total. The van der Waals surface area contributed by atoms with Gasteiger partial charge in [0.2, 0.25) is 0 Å².